The Balaban J connectivity index is 2.89. The normalized spacial score (nSPS) is 11.1. The maximum atomic E-state index is 8.49. The Kier molecular flexibility index (Phi) is 19.2. The number of thioether (sulfide) groups is 1. The Morgan fingerprint density at radius 1 is 0.650 bits per heavy atom. The van der Waals surface area contributed by atoms with Crippen LogP contribution in [0.25, 0.3) is 0 Å². The molecule has 0 rings (SSSR count). The molecule has 0 atom stereocenters. The lowest BCUT2D eigenvalue weighted by Gasteiger charge is -2.06. The van der Waals surface area contributed by atoms with Crippen LogP contribution in [0.3, 0.4) is 0 Å². The molecule has 0 amide bonds. The topological polar surface area (TPSA) is 66.4 Å². The highest BCUT2D eigenvalue weighted by Gasteiger charge is 1.93. The highest BCUT2D eigenvalue weighted by Crippen LogP contribution is 1.99. The molecule has 6 nitrogen and oxygen atoms in total. The highest BCUT2D eigenvalue weighted by molar-refractivity contribution is 7.99. The fraction of sp³-hybridized carbons (Fsp3) is 1.00. The molecule has 0 fully saturated rings. The summed E-state index contributed by atoms with van der Waals surface area (Å²) < 4.78 is 26.0. The Bertz CT molecular complexity index is 155. The number of hydrogen-bond donors (Lipinski definition) is 1. The molecule has 0 radical (unpaired) electrons. The van der Waals surface area contributed by atoms with Crippen molar-refractivity contribution in [3.8, 4) is 0 Å². The van der Waals surface area contributed by atoms with Crippen molar-refractivity contribution in [3.05, 3.63) is 0 Å². The molecule has 0 unspecified atom stereocenters. The zero-order valence-electron chi connectivity index (χ0n) is 12.4. The van der Waals surface area contributed by atoms with Gasteiger partial charge in [-0.15, -0.1) is 0 Å². The van der Waals surface area contributed by atoms with Crippen molar-refractivity contribution in [2.45, 2.75) is 0 Å². The van der Waals surface area contributed by atoms with Crippen LogP contribution in [0.4, 0.5) is 0 Å². The van der Waals surface area contributed by atoms with Crippen molar-refractivity contribution in [3.63, 3.8) is 0 Å². The van der Waals surface area contributed by atoms with Gasteiger partial charge < -0.3 is 28.8 Å². The zero-order valence-corrected chi connectivity index (χ0v) is 13.2. The van der Waals surface area contributed by atoms with E-state index in [9.17, 15) is 0 Å². The van der Waals surface area contributed by atoms with E-state index in [0.717, 1.165) is 18.1 Å². The monoisotopic (exact) mass is 312 g/mol. The molecular formula is C13H28O6S. The van der Waals surface area contributed by atoms with Gasteiger partial charge in [-0.25, -0.2) is 0 Å². The van der Waals surface area contributed by atoms with E-state index in [1.165, 1.54) is 0 Å². The quantitative estimate of drug-likeness (QED) is 0.391. The predicted octanol–water partition coefficient (Wildman–Crippen LogP) is 0.425. The lowest BCUT2D eigenvalue weighted by Crippen LogP contribution is -2.10. The minimum Gasteiger partial charge on any atom is -0.394 e. The molecule has 1 N–H and O–H groups in total. The third-order valence-electron chi connectivity index (χ3n) is 2.16. The molecule has 20 heavy (non-hydrogen) atoms. The SMILES string of the molecule is COCCOCCOCCSCCOCCOCCO. The average molecular weight is 312 g/mol. The molecule has 0 bridgehead atoms. The van der Waals surface area contributed by atoms with Gasteiger partial charge in [-0.2, -0.15) is 11.8 Å². The summed E-state index contributed by atoms with van der Waals surface area (Å²) in [6.45, 7) is 5.50. The second kappa shape index (κ2) is 19.1. The Morgan fingerprint density at radius 2 is 1.10 bits per heavy atom. The van der Waals surface area contributed by atoms with Crippen LogP contribution in [0.2, 0.25) is 0 Å². The van der Waals surface area contributed by atoms with Gasteiger partial charge in [0.15, 0.2) is 0 Å². The number of aliphatic hydroxyl groups excluding tert-OH is 1. The molecule has 0 saturated carbocycles. The van der Waals surface area contributed by atoms with Crippen LogP contribution < -0.4 is 0 Å². The fourth-order valence-electron chi connectivity index (χ4n) is 1.19. The lowest BCUT2D eigenvalue weighted by atomic mass is 10.7. The third kappa shape index (κ3) is 18.1. The maximum Gasteiger partial charge on any atom is 0.0701 e. The minimum absolute atomic E-state index is 0.0628. The molecule has 0 saturated heterocycles. The second-order valence-electron chi connectivity index (χ2n) is 3.78. The van der Waals surface area contributed by atoms with E-state index in [1.807, 2.05) is 0 Å². The number of aliphatic hydroxyl groups is 1. The zero-order chi connectivity index (χ0) is 14.7. The van der Waals surface area contributed by atoms with E-state index in [2.05, 4.69) is 0 Å². The van der Waals surface area contributed by atoms with Gasteiger partial charge in [0.1, 0.15) is 0 Å². The maximum absolute atomic E-state index is 8.49. The van der Waals surface area contributed by atoms with Crippen molar-refractivity contribution in [2.24, 2.45) is 0 Å². The summed E-state index contributed by atoms with van der Waals surface area (Å²) in [4.78, 5) is 0. The van der Waals surface area contributed by atoms with Gasteiger partial charge in [0.2, 0.25) is 0 Å². The molecular weight excluding hydrogens is 284 g/mol. The summed E-state index contributed by atoms with van der Waals surface area (Å²) in [5.41, 5.74) is 0. The first-order valence-corrected chi connectivity index (χ1v) is 8.05. The van der Waals surface area contributed by atoms with E-state index in [0.29, 0.717) is 52.9 Å². The van der Waals surface area contributed by atoms with Gasteiger partial charge in [-0.1, -0.05) is 0 Å². The Hall–Kier alpha value is 0.110. The van der Waals surface area contributed by atoms with Crippen molar-refractivity contribution in [2.75, 3.05) is 84.7 Å². The second-order valence-corrected chi connectivity index (χ2v) is 5.00. The van der Waals surface area contributed by atoms with Crippen LogP contribution in [-0.4, -0.2) is 89.8 Å². The van der Waals surface area contributed by atoms with E-state index < -0.39 is 0 Å². The molecule has 0 aromatic rings. The van der Waals surface area contributed by atoms with Gasteiger partial charge in [0.05, 0.1) is 66.1 Å². The van der Waals surface area contributed by atoms with Gasteiger partial charge in [0, 0.05) is 18.6 Å². The van der Waals surface area contributed by atoms with E-state index in [-0.39, 0.29) is 6.61 Å². The van der Waals surface area contributed by atoms with Crippen LogP contribution in [0, 0.1) is 0 Å². The molecule has 0 aromatic heterocycles. The van der Waals surface area contributed by atoms with Crippen LogP contribution in [-0.2, 0) is 23.7 Å². The van der Waals surface area contributed by atoms with E-state index >= 15 is 0 Å². The number of rotatable bonds is 17. The summed E-state index contributed by atoms with van der Waals surface area (Å²) in [6.07, 6.45) is 0. The van der Waals surface area contributed by atoms with Crippen molar-refractivity contribution >= 4 is 11.8 Å². The minimum atomic E-state index is 0.0628. The molecule has 7 heteroatoms. The first-order valence-electron chi connectivity index (χ1n) is 6.90. The van der Waals surface area contributed by atoms with Crippen molar-refractivity contribution in [1.82, 2.24) is 0 Å². The van der Waals surface area contributed by atoms with Gasteiger partial charge in [0.25, 0.3) is 0 Å². The number of ether oxygens (including phenoxy) is 5. The van der Waals surface area contributed by atoms with Gasteiger partial charge in [-0.3, -0.25) is 0 Å². The fourth-order valence-corrected chi connectivity index (χ4v) is 1.86. The molecule has 0 aliphatic carbocycles. The third-order valence-corrected chi connectivity index (χ3v) is 3.07. The first-order chi connectivity index (χ1) is 9.91. The van der Waals surface area contributed by atoms with Gasteiger partial charge >= 0.3 is 0 Å². The molecule has 122 valence electrons. The van der Waals surface area contributed by atoms with Gasteiger partial charge in [-0.05, 0) is 0 Å². The van der Waals surface area contributed by atoms with E-state index in [1.54, 1.807) is 18.9 Å². The Labute approximate surface area is 126 Å². The molecule has 0 spiro atoms. The average Bonchev–Trinajstić information content (AvgIpc) is 2.47. The summed E-state index contributed by atoms with van der Waals surface area (Å²) in [7, 11) is 1.66. The standard InChI is InChI=1S/C13H28O6S/c1-15-4-5-17-7-9-19-11-13-20-12-10-18-8-6-16-3-2-14/h14H,2-13H2,1H3. The molecule has 0 aromatic carbocycles. The summed E-state index contributed by atoms with van der Waals surface area (Å²) in [5, 5.41) is 8.49. The number of methoxy groups -OCH3 is 1. The van der Waals surface area contributed by atoms with Crippen molar-refractivity contribution < 1.29 is 28.8 Å². The Morgan fingerprint density at radius 3 is 1.60 bits per heavy atom. The number of hydrogen-bond acceptors (Lipinski definition) is 7. The lowest BCUT2D eigenvalue weighted by molar-refractivity contribution is 0.0285. The van der Waals surface area contributed by atoms with Crippen LogP contribution in [0.1, 0.15) is 0 Å². The van der Waals surface area contributed by atoms with Crippen LogP contribution >= 0.6 is 11.8 Å². The van der Waals surface area contributed by atoms with Crippen LogP contribution in [0.15, 0.2) is 0 Å². The molecule has 0 heterocycles. The van der Waals surface area contributed by atoms with E-state index in [4.69, 9.17) is 28.8 Å². The van der Waals surface area contributed by atoms with Crippen LogP contribution in [0.5, 0.6) is 0 Å². The smallest absolute Gasteiger partial charge is 0.0701 e. The first kappa shape index (κ1) is 20.1. The molecule has 0 aliphatic rings. The molecule has 0 aliphatic heterocycles. The summed E-state index contributed by atoms with van der Waals surface area (Å²) in [6, 6.07) is 0. The van der Waals surface area contributed by atoms with Crippen molar-refractivity contribution in [1.29, 1.82) is 0 Å². The highest BCUT2D eigenvalue weighted by atomic mass is 32.2. The summed E-state index contributed by atoms with van der Waals surface area (Å²) >= 11 is 1.80. The predicted molar refractivity (Wildman–Crippen MR) is 79.6 cm³/mol. The largest absolute Gasteiger partial charge is 0.394 e. The summed E-state index contributed by atoms with van der Waals surface area (Å²) in [5.74, 6) is 1.91.